The van der Waals surface area contributed by atoms with Crippen LogP contribution in [0.1, 0.15) is 77.7 Å². The maximum Gasteiger partial charge on any atom is 0.332 e. The Morgan fingerprint density at radius 3 is 2.29 bits per heavy atom. The summed E-state index contributed by atoms with van der Waals surface area (Å²) >= 11 is 0. The van der Waals surface area contributed by atoms with Crippen LogP contribution in [0, 0.1) is 23.2 Å². The molecule has 0 aromatic heterocycles. The van der Waals surface area contributed by atoms with Gasteiger partial charge in [-0.3, -0.25) is 19.2 Å². The number of hydrogen-bond acceptors (Lipinski definition) is 7. The van der Waals surface area contributed by atoms with Crippen molar-refractivity contribution < 1.29 is 33.5 Å². The highest BCUT2D eigenvalue weighted by atomic mass is 16.5. The number of amides is 5. The number of primary amides is 1. The van der Waals surface area contributed by atoms with Crippen molar-refractivity contribution in [3.8, 4) is 0 Å². The van der Waals surface area contributed by atoms with Gasteiger partial charge in [0.05, 0.1) is 6.04 Å². The molecule has 4 aliphatic rings. The first-order valence-electron chi connectivity index (χ1n) is 16.0. The number of urea groups is 1. The molecule has 12 nitrogen and oxygen atoms in total. The van der Waals surface area contributed by atoms with Crippen LogP contribution >= 0.6 is 0 Å². The minimum atomic E-state index is -1.20. The topological polar surface area (TPSA) is 177 Å². The van der Waals surface area contributed by atoms with Crippen molar-refractivity contribution in [2.45, 2.75) is 102 Å². The molecule has 1 heterocycles. The van der Waals surface area contributed by atoms with Crippen molar-refractivity contribution >= 4 is 35.5 Å². The minimum absolute atomic E-state index is 0.0604. The molecule has 244 valence electrons. The van der Waals surface area contributed by atoms with Crippen LogP contribution in [0.5, 0.6) is 0 Å². The van der Waals surface area contributed by atoms with Crippen LogP contribution in [-0.2, 0) is 35.3 Å². The fourth-order valence-electron chi connectivity index (χ4n) is 6.79. The van der Waals surface area contributed by atoms with E-state index in [1.54, 1.807) is 0 Å². The van der Waals surface area contributed by atoms with E-state index in [0.29, 0.717) is 25.8 Å². The number of nitrogens with one attached hydrogen (secondary N) is 3. The Hall–Kier alpha value is -3.96. The standard InChI is InChI=1S/C33H45N5O7/c1-32(2,3)26(36-31(44)37-33(13-7-8-14-33)30(43)45-18-20-9-5-4-6-10-20)29(42)38-17-21-16-22(21)24(38)28(41)35-23(15-19-11-12-19)25(39)27(34)40/h4-6,9-10,19,21-24,26H,7-8,11-18H2,1-3H3,(H2,34,40)(H,35,41)(H2,36,37,44)/t21-,22-,23?,24?,26?/m0/s1. The average Bonchev–Trinajstić information content (AvgIpc) is 3.89. The Morgan fingerprint density at radius 1 is 1.02 bits per heavy atom. The van der Waals surface area contributed by atoms with Gasteiger partial charge in [-0.1, -0.05) is 76.8 Å². The van der Waals surface area contributed by atoms with Crippen LogP contribution < -0.4 is 21.7 Å². The fourth-order valence-corrected chi connectivity index (χ4v) is 6.79. The number of piperidine rings is 1. The van der Waals surface area contributed by atoms with Gasteiger partial charge in [-0.25, -0.2) is 9.59 Å². The van der Waals surface area contributed by atoms with E-state index in [1.165, 1.54) is 4.90 Å². The summed E-state index contributed by atoms with van der Waals surface area (Å²) in [5.41, 5.74) is 4.15. The van der Waals surface area contributed by atoms with E-state index in [4.69, 9.17) is 10.5 Å². The number of hydrogen-bond donors (Lipinski definition) is 4. The average molecular weight is 624 g/mol. The highest BCUT2D eigenvalue weighted by molar-refractivity contribution is 6.37. The van der Waals surface area contributed by atoms with Gasteiger partial charge in [0.1, 0.15) is 24.2 Å². The smallest absolute Gasteiger partial charge is 0.332 e. The number of esters is 1. The van der Waals surface area contributed by atoms with Gasteiger partial charge in [-0.15, -0.1) is 0 Å². The van der Waals surface area contributed by atoms with E-state index in [0.717, 1.165) is 37.7 Å². The van der Waals surface area contributed by atoms with E-state index in [2.05, 4.69) is 16.0 Å². The molecule has 5 rings (SSSR count). The largest absolute Gasteiger partial charge is 0.459 e. The molecule has 3 aliphatic carbocycles. The van der Waals surface area contributed by atoms with E-state index in [1.807, 2.05) is 51.1 Å². The van der Waals surface area contributed by atoms with Gasteiger partial charge in [0, 0.05) is 6.54 Å². The summed E-state index contributed by atoms with van der Waals surface area (Å²) in [6.07, 6.45) is 5.29. The second-order valence-electron chi connectivity index (χ2n) is 14.3. The number of likely N-dealkylation sites (tertiary alicyclic amines) is 1. The van der Waals surface area contributed by atoms with Crippen LogP contribution in [0.4, 0.5) is 4.79 Å². The number of fused-ring (bicyclic) bond motifs is 1. The van der Waals surface area contributed by atoms with Crippen LogP contribution in [0.2, 0.25) is 0 Å². The Morgan fingerprint density at radius 2 is 1.69 bits per heavy atom. The van der Waals surface area contributed by atoms with Gasteiger partial charge in [-0.2, -0.15) is 0 Å². The first-order valence-corrected chi connectivity index (χ1v) is 16.0. The zero-order chi connectivity index (χ0) is 32.5. The molecule has 0 radical (unpaired) electrons. The van der Waals surface area contributed by atoms with Crippen LogP contribution in [0.25, 0.3) is 0 Å². The number of ketones is 1. The fraction of sp³-hybridized carbons (Fsp3) is 0.636. The molecule has 1 saturated heterocycles. The monoisotopic (exact) mass is 623 g/mol. The second-order valence-corrected chi connectivity index (χ2v) is 14.3. The molecule has 5 N–H and O–H groups in total. The summed E-state index contributed by atoms with van der Waals surface area (Å²) < 4.78 is 5.61. The van der Waals surface area contributed by atoms with Crippen LogP contribution in [0.15, 0.2) is 30.3 Å². The summed E-state index contributed by atoms with van der Waals surface area (Å²) in [6, 6.07) is 5.77. The minimum Gasteiger partial charge on any atom is -0.459 e. The van der Waals surface area contributed by atoms with Gasteiger partial charge in [0.2, 0.25) is 17.6 Å². The second kappa shape index (κ2) is 12.8. The molecule has 1 aromatic rings. The summed E-state index contributed by atoms with van der Waals surface area (Å²) in [6.45, 7) is 5.89. The SMILES string of the molecule is CC(C)(C)C(NC(=O)NC1(C(=O)OCc2ccccc2)CCCC1)C(=O)N1C[C@@H]2C[C@@H]2C1C(=O)NC(CC1CC1)C(=O)C(N)=O. The molecule has 5 amide bonds. The zero-order valence-electron chi connectivity index (χ0n) is 26.3. The lowest BCUT2D eigenvalue weighted by Crippen LogP contribution is -2.63. The highest BCUT2D eigenvalue weighted by Crippen LogP contribution is 2.50. The van der Waals surface area contributed by atoms with E-state index < -0.39 is 64.6 Å². The van der Waals surface area contributed by atoms with Gasteiger partial charge in [0.15, 0.2) is 0 Å². The predicted molar refractivity (Wildman–Crippen MR) is 163 cm³/mol. The van der Waals surface area contributed by atoms with Crippen molar-refractivity contribution in [1.82, 2.24) is 20.9 Å². The van der Waals surface area contributed by atoms with Crippen molar-refractivity contribution in [3.63, 3.8) is 0 Å². The molecule has 3 saturated carbocycles. The summed E-state index contributed by atoms with van der Waals surface area (Å²) in [4.78, 5) is 80.1. The van der Waals surface area contributed by atoms with Crippen molar-refractivity contribution in [2.24, 2.45) is 28.9 Å². The Balaban J connectivity index is 1.26. The van der Waals surface area contributed by atoms with Gasteiger partial charge >= 0.3 is 12.0 Å². The number of carbonyl (C=O) groups excluding carboxylic acids is 6. The third kappa shape index (κ3) is 7.48. The molecule has 0 bridgehead atoms. The number of carbonyl (C=O) groups is 6. The Bertz CT molecular complexity index is 1330. The quantitative estimate of drug-likeness (QED) is 0.203. The molecule has 45 heavy (non-hydrogen) atoms. The summed E-state index contributed by atoms with van der Waals surface area (Å²) in [5.74, 6) is -3.03. The van der Waals surface area contributed by atoms with E-state index in [9.17, 15) is 28.8 Å². The van der Waals surface area contributed by atoms with Gasteiger partial charge in [-0.05, 0) is 54.4 Å². The number of benzene rings is 1. The van der Waals surface area contributed by atoms with Crippen molar-refractivity contribution in [1.29, 1.82) is 0 Å². The molecule has 12 heteroatoms. The Labute approximate surface area is 263 Å². The molecular weight excluding hydrogens is 578 g/mol. The van der Waals surface area contributed by atoms with Crippen LogP contribution in [-0.4, -0.2) is 70.6 Å². The number of ether oxygens (including phenoxy) is 1. The lowest BCUT2D eigenvalue weighted by molar-refractivity contribution is -0.152. The number of rotatable bonds is 12. The number of nitrogens with zero attached hydrogens (tertiary/aromatic N) is 1. The predicted octanol–water partition coefficient (Wildman–Crippen LogP) is 1.94. The number of nitrogens with two attached hydrogens (primary N) is 1. The molecule has 1 aromatic carbocycles. The molecule has 4 fully saturated rings. The van der Waals surface area contributed by atoms with Crippen LogP contribution in [0.3, 0.4) is 0 Å². The molecule has 1 aliphatic heterocycles. The third-order valence-corrected chi connectivity index (χ3v) is 9.65. The third-order valence-electron chi connectivity index (χ3n) is 9.65. The summed E-state index contributed by atoms with van der Waals surface area (Å²) in [7, 11) is 0. The van der Waals surface area contributed by atoms with Crippen molar-refractivity contribution in [2.75, 3.05) is 6.54 Å². The first-order chi connectivity index (χ1) is 21.3. The van der Waals surface area contributed by atoms with E-state index >= 15 is 0 Å². The lowest BCUT2D eigenvalue weighted by Gasteiger charge is -2.37. The lowest BCUT2D eigenvalue weighted by atomic mass is 9.85. The highest BCUT2D eigenvalue weighted by Gasteiger charge is 2.58. The normalized spacial score (nSPS) is 24.5. The molecule has 3 unspecified atom stereocenters. The first kappa shape index (κ1) is 32.4. The maximum atomic E-state index is 14.1. The molecule has 0 spiro atoms. The summed E-state index contributed by atoms with van der Waals surface area (Å²) in [5, 5.41) is 8.39. The van der Waals surface area contributed by atoms with Gasteiger partial charge in [0.25, 0.3) is 5.91 Å². The maximum absolute atomic E-state index is 14.1. The van der Waals surface area contributed by atoms with E-state index in [-0.39, 0.29) is 24.4 Å². The molecule has 5 atom stereocenters. The molecular formula is C33H45N5O7. The zero-order valence-corrected chi connectivity index (χ0v) is 26.3. The van der Waals surface area contributed by atoms with Gasteiger partial charge < -0.3 is 31.3 Å². The van der Waals surface area contributed by atoms with Crippen molar-refractivity contribution in [3.05, 3.63) is 35.9 Å². The Kier molecular flexibility index (Phi) is 9.23. The number of Topliss-reactive ketones (excluding diaryl/α,β-unsaturated/α-hetero) is 1.